The van der Waals surface area contributed by atoms with Crippen LogP contribution in [0.25, 0.3) is 0 Å². The Balaban J connectivity index is 1.92. The second kappa shape index (κ2) is 5.03. The number of halogens is 1. The molecule has 1 aliphatic heterocycles. The summed E-state index contributed by atoms with van der Waals surface area (Å²) in [4.78, 5) is 25.4. The van der Waals surface area contributed by atoms with Crippen molar-refractivity contribution in [3.05, 3.63) is 38.9 Å². The smallest absolute Gasteiger partial charge is 0.291 e. The summed E-state index contributed by atoms with van der Waals surface area (Å²) in [5.41, 5.74) is 1.33. The molecule has 7 nitrogen and oxygen atoms in total. The quantitative estimate of drug-likeness (QED) is 0.772. The average molecular weight is 353 g/mol. The second-order valence-corrected chi connectivity index (χ2v) is 6.03. The molecule has 1 amide bonds. The van der Waals surface area contributed by atoms with Crippen molar-refractivity contribution in [2.45, 2.75) is 13.1 Å². The van der Waals surface area contributed by atoms with E-state index in [0.717, 1.165) is 10.2 Å². The summed E-state index contributed by atoms with van der Waals surface area (Å²) >= 11 is 3.37. The van der Waals surface area contributed by atoms with Gasteiger partial charge in [0.15, 0.2) is 5.82 Å². The van der Waals surface area contributed by atoms with Crippen molar-refractivity contribution < 1.29 is 9.48 Å². The maximum atomic E-state index is 12.1. The van der Waals surface area contributed by atoms with Crippen molar-refractivity contribution in [1.82, 2.24) is 14.6 Å². The van der Waals surface area contributed by atoms with E-state index in [4.69, 9.17) is 0 Å². The van der Waals surface area contributed by atoms with Crippen LogP contribution in [0.2, 0.25) is 0 Å². The zero-order valence-electron chi connectivity index (χ0n) is 11.7. The molecule has 1 aliphatic rings. The van der Waals surface area contributed by atoms with E-state index in [-0.39, 0.29) is 18.0 Å². The van der Waals surface area contributed by atoms with Crippen molar-refractivity contribution in [1.29, 1.82) is 0 Å². The van der Waals surface area contributed by atoms with Crippen LogP contribution < -0.4 is 15.6 Å². The van der Waals surface area contributed by atoms with Crippen molar-refractivity contribution in [3.63, 3.8) is 0 Å². The first-order valence-electron chi connectivity index (χ1n) is 6.43. The number of carbonyl (C=O) groups is 1. The predicted octanol–water partition coefficient (Wildman–Crippen LogP) is 0.479. The van der Waals surface area contributed by atoms with Gasteiger partial charge in [-0.15, -0.1) is 9.78 Å². The molecule has 3 heterocycles. The Morgan fingerprint density at radius 1 is 1.33 bits per heavy atom. The number of aromatic amines is 1. The molecular weight excluding hydrogens is 338 g/mol. The molecule has 2 aromatic heterocycles. The number of amides is 1. The van der Waals surface area contributed by atoms with E-state index in [0.29, 0.717) is 18.1 Å². The molecule has 0 saturated carbocycles. The lowest BCUT2D eigenvalue weighted by Gasteiger charge is -2.16. The van der Waals surface area contributed by atoms with Gasteiger partial charge in [0.2, 0.25) is 12.2 Å². The van der Waals surface area contributed by atoms with Crippen LogP contribution in [-0.2, 0) is 24.9 Å². The van der Waals surface area contributed by atoms with E-state index >= 15 is 0 Å². The van der Waals surface area contributed by atoms with Crippen molar-refractivity contribution in [2.24, 2.45) is 7.05 Å². The third kappa shape index (κ3) is 2.58. The van der Waals surface area contributed by atoms with Crippen molar-refractivity contribution in [2.75, 3.05) is 12.4 Å². The number of likely N-dealkylation sites (N-methyl/N-ethyl adjacent to an activating group) is 1. The highest BCUT2D eigenvalue weighted by Crippen LogP contribution is 2.17. The lowest BCUT2D eigenvalue weighted by molar-refractivity contribution is -0.749. The molecule has 8 heteroatoms. The molecule has 21 heavy (non-hydrogen) atoms. The molecule has 0 fully saturated rings. The van der Waals surface area contributed by atoms with Crippen LogP contribution in [0.1, 0.15) is 5.69 Å². The lowest BCUT2D eigenvalue weighted by Crippen LogP contribution is -2.52. The molecule has 0 saturated heterocycles. The number of carbonyl (C=O) groups excluding carboxylic acids is 1. The van der Waals surface area contributed by atoms with E-state index in [2.05, 4.69) is 26.3 Å². The Hall–Kier alpha value is -2.09. The molecule has 2 N–H and O–H groups in total. The SMILES string of the molecule is CN1Cc2cc(Nc3cc(Br)cn(C)c3=O)[nH][n+]2CC1=O. The van der Waals surface area contributed by atoms with Crippen LogP contribution in [0.3, 0.4) is 0 Å². The highest BCUT2D eigenvalue weighted by molar-refractivity contribution is 9.10. The molecule has 0 aliphatic carbocycles. The van der Waals surface area contributed by atoms with E-state index in [9.17, 15) is 9.59 Å². The number of anilines is 2. The molecule has 0 radical (unpaired) electrons. The Morgan fingerprint density at radius 2 is 2.10 bits per heavy atom. The standard InChI is InChI=1S/C13H14BrN5O2/c1-17-6-9-4-11(16-19(9)7-12(17)20)15-10-3-8(14)5-18(2)13(10)21/h3-5H,6-7H2,1-2H3,(H,15,16)/p+1. The summed E-state index contributed by atoms with van der Waals surface area (Å²) < 4.78 is 4.10. The largest absolute Gasteiger partial charge is 0.333 e. The minimum absolute atomic E-state index is 0.0549. The number of hydrogen-bond donors (Lipinski definition) is 2. The van der Waals surface area contributed by atoms with Gasteiger partial charge in [-0.2, -0.15) is 0 Å². The zero-order chi connectivity index (χ0) is 15.1. The second-order valence-electron chi connectivity index (χ2n) is 5.11. The zero-order valence-corrected chi connectivity index (χ0v) is 13.3. The van der Waals surface area contributed by atoms with E-state index in [1.807, 2.05) is 6.07 Å². The Labute approximate surface area is 129 Å². The Morgan fingerprint density at radius 3 is 2.86 bits per heavy atom. The predicted molar refractivity (Wildman–Crippen MR) is 80.1 cm³/mol. The fourth-order valence-electron chi connectivity index (χ4n) is 2.32. The van der Waals surface area contributed by atoms with E-state index < -0.39 is 0 Å². The number of aromatic nitrogens is 3. The summed E-state index contributed by atoms with van der Waals surface area (Å²) in [6.45, 7) is 0.831. The number of pyridine rings is 1. The van der Waals surface area contributed by atoms with Crippen LogP contribution in [0.15, 0.2) is 27.6 Å². The van der Waals surface area contributed by atoms with Gasteiger partial charge in [-0.3, -0.25) is 9.59 Å². The summed E-state index contributed by atoms with van der Waals surface area (Å²) in [6.07, 6.45) is 1.70. The van der Waals surface area contributed by atoms with Crippen LogP contribution in [0.4, 0.5) is 11.5 Å². The average Bonchev–Trinajstić information content (AvgIpc) is 2.77. The van der Waals surface area contributed by atoms with Crippen LogP contribution in [0, 0.1) is 0 Å². The molecule has 0 aromatic carbocycles. The topological polar surface area (TPSA) is 74.0 Å². The van der Waals surface area contributed by atoms with Crippen molar-refractivity contribution >= 4 is 33.3 Å². The first-order valence-corrected chi connectivity index (χ1v) is 7.22. The van der Waals surface area contributed by atoms with Gasteiger partial charge in [-0.05, 0) is 22.0 Å². The number of hydrogen-bond acceptors (Lipinski definition) is 3. The van der Waals surface area contributed by atoms with Gasteiger partial charge in [-0.25, -0.2) is 0 Å². The molecular formula is C13H15BrN5O2+. The van der Waals surface area contributed by atoms with E-state index in [1.54, 1.807) is 35.9 Å². The number of nitrogens with zero attached hydrogens (tertiary/aromatic N) is 3. The van der Waals surface area contributed by atoms with Crippen LogP contribution >= 0.6 is 15.9 Å². The molecule has 3 rings (SSSR count). The molecule has 110 valence electrons. The van der Waals surface area contributed by atoms with Gasteiger partial charge in [0.05, 0.1) is 6.07 Å². The number of aryl methyl sites for hydroxylation is 1. The van der Waals surface area contributed by atoms with Crippen molar-refractivity contribution in [3.8, 4) is 0 Å². The molecule has 0 atom stereocenters. The van der Waals surface area contributed by atoms with Gasteiger partial charge in [0.25, 0.3) is 11.5 Å². The maximum Gasteiger partial charge on any atom is 0.291 e. The monoisotopic (exact) mass is 352 g/mol. The highest BCUT2D eigenvalue weighted by Gasteiger charge is 2.29. The summed E-state index contributed by atoms with van der Waals surface area (Å²) in [7, 11) is 3.47. The first kappa shape index (κ1) is 13.9. The highest BCUT2D eigenvalue weighted by atomic mass is 79.9. The number of rotatable bonds is 2. The fraction of sp³-hybridized carbons (Fsp3) is 0.308. The molecule has 0 unspecified atom stereocenters. The van der Waals surface area contributed by atoms with E-state index in [1.165, 1.54) is 4.57 Å². The lowest BCUT2D eigenvalue weighted by atomic mass is 10.3. The summed E-state index contributed by atoms with van der Waals surface area (Å²) in [6, 6.07) is 3.63. The summed E-state index contributed by atoms with van der Waals surface area (Å²) in [5, 5.41) is 6.17. The van der Waals surface area contributed by atoms with Gasteiger partial charge < -0.3 is 14.8 Å². The van der Waals surface area contributed by atoms with Gasteiger partial charge >= 0.3 is 0 Å². The Bertz CT molecular complexity index is 779. The summed E-state index contributed by atoms with van der Waals surface area (Å²) in [5.74, 6) is 0.738. The molecule has 0 spiro atoms. The first-order chi connectivity index (χ1) is 9.94. The third-order valence-corrected chi connectivity index (χ3v) is 3.88. The normalized spacial score (nSPS) is 14.2. The fourth-order valence-corrected chi connectivity index (χ4v) is 2.86. The molecule has 0 bridgehead atoms. The van der Waals surface area contributed by atoms with Gasteiger partial charge in [0.1, 0.15) is 12.2 Å². The minimum Gasteiger partial charge on any atom is -0.333 e. The van der Waals surface area contributed by atoms with Gasteiger partial charge in [-0.1, -0.05) is 0 Å². The van der Waals surface area contributed by atoms with Gasteiger partial charge in [0, 0.05) is 24.8 Å². The Kier molecular flexibility index (Phi) is 3.32. The van der Waals surface area contributed by atoms with Crippen LogP contribution in [-0.4, -0.2) is 27.5 Å². The third-order valence-electron chi connectivity index (χ3n) is 3.45. The molecule has 2 aromatic rings. The van der Waals surface area contributed by atoms with Crippen LogP contribution in [0.5, 0.6) is 0 Å². The number of H-pyrrole nitrogens is 1. The minimum atomic E-state index is -0.121. The maximum absolute atomic E-state index is 12.1. The number of fused-ring (bicyclic) bond motifs is 1. The number of nitrogens with one attached hydrogen (secondary N) is 2.